The number of furan rings is 1. The van der Waals surface area contributed by atoms with Crippen LogP contribution >= 0.6 is 0 Å². The molecule has 6 heteroatoms. The number of carbonyl (C=O) groups is 1. The highest BCUT2D eigenvalue weighted by Gasteiger charge is 2.14. The predicted molar refractivity (Wildman–Crippen MR) is 72.8 cm³/mol. The van der Waals surface area contributed by atoms with Gasteiger partial charge in [-0.1, -0.05) is 0 Å². The van der Waals surface area contributed by atoms with Crippen LogP contribution in [0.25, 0.3) is 5.82 Å². The molecule has 6 nitrogen and oxygen atoms in total. The molecule has 0 fully saturated rings. The van der Waals surface area contributed by atoms with E-state index in [4.69, 9.17) is 4.42 Å². The van der Waals surface area contributed by atoms with Crippen LogP contribution in [0.1, 0.15) is 16.1 Å². The van der Waals surface area contributed by atoms with Crippen LogP contribution in [-0.4, -0.2) is 20.7 Å². The summed E-state index contributed by atoms with van der Waals surface area (Å²) in [4.78, 5) is 16.4. The lowest BCUT2D eigenvalue weighted by molar-refractivity contribution is 0.102. The van der Waals surface area contributed by atoms with Gasteiger partial charge in [0, 0.05) is 18.6 Å². The molecule has 1 amide bonds. The molecule has 0 aromatic carbocycles. The number of aromatic nitrogens is 3. The highest BCUT2D eigenvalue weighted by Crippen LogP contribution is 2.18. The molecule has 0 saturated carbocycles. The molecule has 3 aromatic rings. The van der Waals surface area contributed by atoms with Crippen LogP contribution in [0, 0.1) is 6.92 Å². The molecule has 0 aliphatic heterocycles. The number of nitrogens with one attached hydrogen (secondary N) is 1. The first kappa shape index (κ1) is 12.2. The molecule has 100 valence electrons. The Morgan fingerprint density at radius 3 is 2.90 bits per heavy atom. The van der Waals surface area contributed by atoms with E-state index in [0.29, 0.717) is 22.8 Å². The van der Waals surface area contributed by atoms with Crippen molar-refractivity contribution in [2.45, 2.75) is 6.92 Å². The Balaban J connectivity index is 1.92. The second-order valence-electron chi connectivity index (χ2n) is 4.17. The fourth-order valence-electron chi connectivity index (χ4n) is 1.88. The van der Waals surface area contributed by atoms with Crippen molar-refractivity contribution in [2.75, 3.05) is 5.32 Å². The quantitative estimate of drug-likeness (QED) is 0.791. The number of nitrogens with zero attached hydrogens (tertiary/aromatic N) is 3. The fraction of sp³-hybridized carbons (Fsp3) is 0.0714. The van der Waals surface area contributed by atoms with Gasteiger partial charge in [-0.25, -0.2) is 9.67 Å². The van der Waals surface area contributed by atoms with Crippen LogP contribution in [0.4, 0.5) is 5.69 Å². The maximum Gasteiger partial charge on any atom is 0.259 e. The van der Waals surface area contributed by atoms with Crippen LogP contribution in [0.5, 0.6) is 0 Å². The van der Waals surface area contributed by atoms with Crippen molar-refractivity contribution in [1.29, 1.82) is 0 Å². The van der Waals surface area contributed by atoms with Gasteiger partial charge < -0.3 is 9.73 Å². The number of rotatable bonds is 3. The number of anilines is 1. The first-order valence-electron chi connectivity index (χ1n) is 6.06. The van der Waals surface area contributed by atoms with E-state index in [1.165, 1.54) is 6.26 Å². The van der Waals surface area contributed by atoms with Gasteiger partial charge in [0.05, 0.1) is 17.5 Å². The Labute approximate surface area is 115 Å². The van der Waals surface area contributed by atoms with E-state index >= 15 is 0 Å². The molecule has 3 aromatic heterocycles. The van der Waals surface area contributed by atoms with Crippen LogP contribution in [0.3, 0.4) is 0 Å². The molecule has 0 spiro atoms. The summed E-state index contributed by atoms with van der Waals surface area (Å²) in [5.41, 5.74) is 1.09. The van der Waals surface area contributed by atoms with Gasteiger partial charge in [-0.15, -0.1) is 0 Å². The van der Waals surface area contributed by atoms with Crippen molar-refractivity contribution in [3.05, 3.63) is 60.4 Å². The SMILES string of the molecule is Cc1occc1C(=O)Nc1cccnc1-n1cccn1. The summed E-state index contributed by atoms with van der Waals surface area (Å²) >= 11 is 0. The van der Waals surface area contributed by atoms with Crippen LogP contribution < -0.4 is 5.32 Å². The average Bonchev–Trinajstić information content (AvgIpc) is 3.10. The minimum atomic E-state index is -0.238. The molecule has 0 unspecified atom stereocenters. The molecule has 20 heavy (non-hydrogen) atoms. The zero-order chi connectivity index (χ0) is 13.9. The molecule has 0 saturated heterocycles. The first-order chi connectivity index (χ1) is 9.75. The van der Waals surface area contributed by atoms with E-state index in [1.807, 2.05) is 0 Å². The summed E-state index contributed by atoms with van der Waals surface area (Å²) in [6, 6.07) is 6.96. The minimum absolute atomic E-state index is 0.238. The minimum Gasteiger partial charge on any atom is -0.469 e. The standard InChI is InChI=1S/C14H12N4O2/c1-10-11(5-9-20-10)14(19)17-12-4-2-6-15-13(12)18-8-3-7-16-18/h2-9H,1H3,(H,17,19). The van der Waals surface area contributed by atoms with Crippen molar-refractivity contribution in [3.63, 3.8) is 0 Å². The molecule has 0 aliphatic carbocycles. The molecule has 1 N–H and O–H groups in total. The highest BCUT2D eigenvalue weighted by atomic mass is 16.3. The molecular weight excluding hydrogens is 256 g/mol. The first-order valence-corrected chi connectivity index (χ1v) is 6.06. The normalized spacial score (nSPS) is 10.4. The van der Waals surface area contributed by atoms with Gasteiger partial charge in [0.1, 0.15) is 5.76 Å². The van der Waals surface area contributed by atoms with Crippen LogP contribution in [0.15, 0.2) is 53.5 Å². The zero-order valence-electron chi connectivity index (χ0n) is 10.8. The van der Waals surface area contributed by atoms with E-state index < -0.39 is 0 Å². The molecular formula is C14H12N4O2. The second-order valence-corrected chi connectivity index (χ2v) is 4.17. The predicted octanol–water partition coefficient (Wildman–Crippen LogP) is 2.42. The Bertz CT molecular complexity index is 731. The molecule has 0 bridgehead atoms. The van der Waals surface area contributed by atoms with Crippen molar-refractivity contribution >= 4 is 11.6 Å². The number of amides is 1. The van der Waals surface area contributed by atoms with Crippen LogP contribution in [0.2, 0.25) is 0 Å². The molecule has 0 radical (unpaired) electrons. The van der Waals surface area contributed by atoms with Crippen molar-refractivity contribution in [2.24, 2.45) is 0 Å². The highest BCUT2D eigenvalue weighted by molar-refractivity contribution is 6.05. The third-order valence-corrected chi connectivity index (χ3v) is 2.86. The number of hydrogen-bond donors (Lipinski definition) is 1. The topological polar surface area (TPSA) is 73.0 Å². The van der Waals surface area contributed by atoms with Gasteiger partial charge in [-0.3, -0.25) is 4.79 Å². The number of pyridine rings is 1. The third-order valence-electron chi connectivity index (χ3n) is 2.86. The molecule has 3 rings (SSSR count). The van der Waals surface area contributed by atoms with Gasteiger partial charge in [0.2, 0.25) is 0 Å². The van der Waals surface area contributed by atoms with E-state index in [-0.39, 0.29) is 5.91 Å². The summed E-state index contributed by atoms with van der Waals surface area (Å²) in [6.45, 7) is 1.74. The summed E-state index contributed by atoms with van der Waals surface area (Å²) in [5, 5.41) is 6.94. The summed E-state index contributed by atoms with van der Waals surface area (Å²) in [7, 11) is 0. The van der Waals surface area contributed by atoms with Gasteiger partial charge in [-0.05, 0) is 31.2 Å². The van der Waals surface area contributed by atoms with E-state index in [1.54, 1.807) is 54.5 Å². The fourth-order valence-corrected chi connectivity index (χ4v) is 1.88. The van der Waals surface area contributed by atoms with Gasteiger partial charge >= 0.3 is 0 Å². The lowest BCUT2D eigenvalue weighted by Gasteiger charge is -2.09. The van der Waals surface area contributed by atoms with Crippen LogP contribution in [-0.2, 0) is 0 Å². The Kier molecular flexibility index (Phi) is 3.04. The van der Waals surface area contributed by atoms with Crippen molar-refractivity contribution in [3.8, 4) is 5.82 Å². The molecule has 3 heterocycles. The Morgan fingerprint density at radius 1 is 1.30 bits per heavy atom. The lowest BCUT2D eigenvalue weighted by atomic mass is 10.2. The summed E-state index contributed by atoms with van der Waals surface area (Å²) < 4.78 is 6.73. The summed E-state index contributed by atoms with van der Waals surface area (Å²) in [5.74, 6) is 0.900. The third kappa shape index (κ3) is 2.18. The Morgan fingerprint density at radius 2 is 2.20 bits per heavy atom. The average molecular weight is 268 g/mol. The molecule has 0 atom stereocenters. The number of carbonyl (C=O) groups excluding carboxylic acids is 1. The lowest BCUT2D eigenvalue weighted by Crippen LogP contribution is -2.14. The van der Waals surface area contributed by atoms with Gasteiger partial charge in [-0.2, -0.15) is 5.10 Å². The maximum atomic E-state index is 12.2. The smallest absolute Gasteiger partial charge is 0.259 e. The number of hydrogen-bond acceptors (Lipinski definition) is 4. The second kappa shape index (κ2) is 5.00. The Hall–Kier alpha value is -2.89. The van der Waals surface area contributed by atoms with Crippen molar-refractivity contribution < 1.29 is 9.21 Å². The summed E-state index contributed by atoms with van der Waals surface area (Å²) in [6.07, 6.45) is 6.55. The van der Waals surface area contributed by atoms with E-state index in [9.17, 15) is 4.79 Å². The monoisotopic (exact) mass is 268 g/mol. The maximum absolute atomic E-state index is 12.2. The largest absolute Gasteiger partial charge is 0.469 e. The van der Waals surface area contributed by atoms with Gasteiger partial charge in [0.25, 0.3) is 5.91 Å². The van der Waals surface area contributed by atoms with Gasteiger partial charge in [0.15, 0.2) is 5.82 Å². The number of aryl methyl sites for hydroxylation is 1. The molecule has 0 aliphatic rings. The van der Waals surface area contributed by atoms with E-state index in [0.717, 1.165) is 0 Å². The van der Waals surface area contributed by atoms with E-state index in [2.05, 4.69) is 15.4 Å². The zero-order valence-corrected chi connectivity index (χ0v) is 10.8. The van der Waals surface area contributed by atoms with Crippen molar-refractivity contribution in [1.82, 2.24) is 14.8 Å².